The Labute approximate surface area is 144 Å². The van der Waals surface area contributed by atoms with Gasteiger partial charge in [-0.2, -0.15) is 0 Å². The van der Waals surface area contributed by atoms with E-state index in [9.17, 15) is 4.79 Å². The highest BCUT2D eigenvalue weighted by molar-refractivity contribution is 9.10. The largest absolute Gasteiger partial charge is 0.334 e. The van der Waals surface area contributed by atoms with E-state index in [0.717, 1.165) is 28.4 Å². The second kappa shape index (κ2) is 6.97. The number of hydrogen-bond donors (Lipinski definition) is 0. The van der Waals surface area contributed by atoms with Crippen molar-refractivity contribution in [3.05, 3.63) is 75.5 Å². The van der Waals surface area contributed by atoms with E-state index in [1.165, 1.54) is 0 Å². The van der Waals surface area contributed by atoms with Crippen LogP contribution in [0.25, 0.3) is 4.85 Å². The predicted molar refractivity (Wildman–Crippen MR) is 93.8 cm³/mol. The summed E-state index contributed by atoms with van der Waals surface area (Å²) in [4.78, 5) is 18.0. The minimum Gasteiger partial charge on any atom is -0.334 e. The zero-order valence-corrected chi connectivity index (χ0v) is 14.3. The van der Waals surface area contributed by atoms with E-state index >= 15 is 0 Å². The monoisotopic (exact) mass is 368 g/mol. The number of rotatable bonds is 5. The van der Waals surface area contributed by atoms with Gasteiger partial charge in [0.25, 0.3) is 0 Å². The smallest absolute Gasteiger partial charge is 0.226 e. The molecule has 0 radical (unpaired) electrons. The third-order valence-electron chi connectivity index (χ3n) is 3.97. The van der Waals surface area contributed by atoms with Gasteiger partial charge in [0.05, 0.1) is 6.57 Å². The first-order valence-corrected chi connectivity index (χ1v) is 8.45. The molecule has 0 aromatic heterocycles. The van der Waals surface area contributed by atoms with Gasteiger partial charge in [0.2, 0.25) is 5.91 Å². The van der Waals surface area contributed by atoms with Gasteiger partial charge >= 0.3 is 0 Å². The Balaban J connectivity index is 1.84. The maximum absolute atomic E-state index is 12.6. The summed E-state index contributed by atoms with van der Waals surface area (Å²) in [5, 5.41) is 0. The van der Waals surface area contributed by atoms with Gasteiger partial charge in [0.1, 0.15) is 0 Å². The van der Waals surface area contributed by atoms with Crippen LogP contribution >= 0.6 is 15.9 Å². The molecule has 1 amide bonds. The van der Waals surface area contributed by atoms with Crippen LogP contribution in [0, 0.1) is 12.5 Å². The molecule has 0 spiro atoms. The number of amides is 1. The van der Waals surface area contributed by atoms with Crippen molar-refractivity contribution < 1.29 is 4.79 Å². The molecule has 116 valence electrons. The van der Waals surface area contributed by atoms with Crippen LogP contribution in [0.2, 0.25) is 0 Å². The Kier molecular flexibility index (Phi) is 4.78. The lowest BCUT2D eigenvalue weighted by atomic mass is 10.1. The SMILES string of the molecule is [C-]#[N+]c1ccc(Br)c(CN(Cc2ccccc2)C(=O)C2CC2)c1. The van der Waals surface area contributed by atoms with Crippen LogP contribution in [-0.2, 0) is 17.9 Å². The number of nitrogens with zero attached hydrogens (tertiary/aromatic N) is 2. The predicted octanol–water partition coefficient (Wildman–Crippen LogP) is 4.94. The molecule has 1 saturated carbocycles. The minimum atomic E-state index is 0.182. The molecule has 2 aromatic rings. The van der Waals surface area contributed by atoms with Gasteiger partial charge in [-0.25, -0.2) is 4.85 Å². The molecule has 0 heterocycles. The first kappa shape index (κ1) is 15.8. The highest BCUT2D eigenvalue weighted by atomic mass is 79.9. The van der Waals surface area contributed by atoms with Gasteiger partial charge in [-0.15, -0.1) is 0 Å². The summed E-state index contributed by atoms with van der Waals surface area (Å²) in [6, 6.07) is 15.6. The summed E-state index contributed by atoms with van der Waals surface area (Å²) in [6.07, 6.45) is 1.99. The Morgan fingerprint density at radius 2 is 1.91 bits per heavy atom. The number of benzene rings is 2. The molecular formula is C19H17BrN2O. The molecule has 3 rings (SSSR count). The van der Waals surface area contributed by atoms with E-state index in [4.69, 9.17) is 6.57 Å². The Bertz CT molecular complexity index is 748. The third-order valence-corrected chi connectivity index (χ3v) is 4.75. The molecule has 0 saturated heterocycles. The Hall–Kier alpha value is -2.12. The minimum absolute atomic E-state index is 0.182. The fourth-order valence-electron chi connectivity index (χ4n) is 2.56. The van der Waals surface area contributed by atoms with Crippen molar-refractivity contribution in [1.82, 2.24) is 4.90 Å². The molecule has 1 aliphatic rings. The van der Waals surface area contributed by atoms with Gasteiger partial charge in [-0.3, -0.25) is 4.79 Å². The van der Waals surface area contributed by atoms with Crippen LogP contribution in [0.5, 0.6) is 0 Å². The summed E-state index contributed by atoms with van der Waals surface area (Å²) in [6.45, 7) is 8.29. The zero-order chi connectivity index (χ0) is 16.2. The van der Waals surface area contributed by atoms with E-state index in [1.54, 1.807) is 6.07 Å². The molecule has 3 nitrogen and oxygen atoms in total. The molecule has 0 atom stereocenters. The van der Waals surface area contributed by atoms with Gasteiger partial charge in [0, 0.05) is 23.5 Å². The van der Waals surface area contributed by atoms with E-state index in [2.05, 4.69) is 20.8 Å². The highest BCUT2D eigenvalue weighted by Gasteiger charge is 2.33. The topological polar surface area (TPSA) is 24.7 Å². The van der Waals surface area contributed by atoms with Crippen LogP contribution in [-0.4, -0.2) is 10.8 Å². The highest BCUT2D eigenvalue weighted by Crippen LogP contribution is 2.33. The molecular weight excluding hydrogens is 352 g/mol. The van der Waals surface area contributed by atoms with Crippen molar-refractivity contribution in [2.75, 3.05) is 0 Å². The summed E-state index contributed by atoms with van der Waals surface area (Å²) in [7, 11) is 0. The van der Waals surface area contributed by atoms with E-state index in [-0.39, 0.29) is 11.8 Å². The number of halogens is 1. The third kappa shape index (κ3) is 4.00. The quantitative estimate of drug-likeness (QED) is 0.686. The second-order valence-electron chi connectivity index (χ2n) is 5.84. The van der Waals surface area contributed by atoms with E-state index < -0.39 is 0 Å². The molecule has 0 unspecified atom stereocenters. The normalized spacial score (nSPS) is 13.4. The lowest BCUT2D eigenvalue weighted by Crippen LogP contribution is -2.31. The maximum atomic E-state index is 12.6. The van der Waals surface area contributed by atoms with Gasteiger partial charge in [-0.05, 0) is 24.0 Å². The van der Waals surface area contributed by atoms with Gasteiger partial charge < -0.3 is 4.90 Å². The summed E-state index contributed by atoms with van der Waals surface area (Å²) < 4.78 is 0.937. The first-order chi connectivity index (χ1) is 11.2. The zero-order valence-electron chi connectivity index (χ0n) is 12.7. The number of hydrogen-bond acceptors (Lipinski definition) is 1. The molecule has 1 fully saturated rings. The first-order valence-electron chi connectivity index (χ1n) is 7.66. The standard InChI is InChI=1S/C19H17BrN2O/c1-21-17-9-10-18(20)16(11-17)13-22(19(23)15-7-8-15)12-14-5-3-2-4-6-14/h2-6,9-11,15H,7-8,12-13H2. The van der Waals surface area contributed by atoms with Crippen LogP contribution in [0.4, 0.5) is 5.69 Å². The molecule has 4 heteroatoms. The maximum Gasteiger partial charge on any atom is 0.226 e. The Morgan fingerprint density at radius 3 is 2.57 bits per heavy atom. The molecule has 23 heavy (non-hydrogen) atoms. The van der Waals surface area contributed by atoms with E-state index in [1.807, 2.05) is 47.4 Å². The fourth-order valence-corrected chi connectivity index (χ4v) is 2.93. The van der Waals surface area contributed by atoms with Crippen molar-refractivity contribution in [3.8, 4) is 0 Å². The summed E-state index contributed by atoms with van der Waals surface area (Å²) >= 11 is 3.53. The number of carbonyl (C=O) groups excluding carboxylic acids is 1. The lowest BCUT2D eigenvalue weighted by Gasteiger charge is -2.24. The lowest BCUT2D eigenvalue weighted by molar-refractivity contribution is -0.133. The van der Waals surface area contributed by atoms with Crippen LogP contribution in [0.1, 0.15) is 24.0 Å². The van der Waals surface area contributed by atoms with Crippen molar-refractivity contribution in [2.45, 2.75) is 25.9 Å². The number of carbonyl (C=O) groups is 1. The van der Waals surface area contributed by atoms with Crippen LogP contribution in [0.15, 0.2) is 53.0 Å². The van der Waals surface area contributed by atoms with E-state index in [0.29, 0.717) is 18.8 Å². The molecule has 0 bridgehead atoms. The molecule has 2 aromatic carbocycles. The molecule has 0 aliphatic heterocycles. The van der Waals surface area contributed by atoms with Crippen molar-refractivity contribution in [1.29, 1.82) is 0 Å². The average molecular weight is 369 g/mol. The van der Waals surface area contributed by atoms with Crippen molar-refractivity contribution >= 4 is 27.5 Å². The average Bonchev–Trinajstić information content (AvgIpc) is 3.41. The second-order valence-corrected chi connectivity index (χ2v) is 6.70. The fraction of sp³-hybridized carbons (Fsp3) is 0.263. The van der Waals surface area contributed by atoms with Crippen molar-refractivity contribution in [3.63, 3.8) is 0 Å². The summed E-state index contributed by atoms with van der Waals surface area (Å²) in [5.74, 6) is 0.399. The van der Waals surface area contributed by atoms with Crippen LogP contribution < -0.4 is 0 Å². The van der Waals surface area contributed by atoms with Crippen molar-refractivity contribution in [2.24, 2.45) is 5.92 Å². The van der Waals surface area contributed by atoms with Gasteiger partial charge in [0.15, 0.2) is 5.69 Å². The van der Waals surface area contributed by atoms with Gasteiger partial charge in [-0.1, -0.05) is 64.5 Å². The Morgan fingerprint density at radius 1 is 1.17 bits per heavy atom. The summed E-state index contributed by atoms with van der Waals surface area (Å²) in [5.41, 5.74) is 2.70. The molecule has 1 aliphatic carbocycles. The van der Waals surface area contributed by atoms with Crippen LogP contribution in [0.3, 0.4) is 0 Å². The molecule has 0 N–H and O–H groups in total.